The van der Waals surface area contributed by atoms with E-state index < -0.39 is 5.60 Å². The summed E-state index contributed by atoms with van der Waals surface area (Å²) >= 11 is 0. The van der Waals surface area contributed by atoms with Crippen molar-refractivity contribution in [1.29, 1.82) is 0 Å². The highest BCUT2D eigenvalue weighted by molar-refractivity contribution is 5.43. The lowest BCUT2D eigenvalue weighted by atomic mass is 9.72. The topological polar surface area (TPSA) is 32.7 Å². The Balaban J connectivity index is 1.98. The highest BCUT2D eigenvalue weighted by Crippen LogP contribution is 2.44. The van der Waals surface area contributed by atoms with E-state index in [0.717, 1.165) is 35.4 Å². The number of rotatable bonds is 9. The van der Waals surface area contributed by atoms with Crippen LogP contribution in [0.15, 0.2) is 84.9 Å². The Morgan fingerprint density at radius 1 is 0.828 bits per heavy atom. The van der Waals surface area contributed by atoms with Gasteiger partial charge in [0.1, 0.15) is 18.0 Å². The van der Waals surface area contributed by atoms with Crippen molar-refractivity contribution in [3.05, 3.63) is 102 Å². The maximum atomic E-state index is 12.2. The second-order valence-electron chi connectivity index (χ2n) is 7.68. The van der Waals surface area contributed by atoms with Crippen LogP contribution in [0.3, 0.4) is 0 Å². The number of hydrogen-bond donors (Lipinski definition) is 1. The Kier molecular flexibility index (Phi) is 7.08. The molecule has 3 nitrogen and oxygen atoms in total. The van der Waals surface area contributed by atoms with Gasteiger partial charge < -0.3 is 14.7 Å². The highest BCUT2D eigenvalue weighted by Gasteiger charge is 2.40. The number of nitrogens with zero attached hydrogens (tertiary/aromatic N) is 1. The lowest BCUT2D eigenvalue weighted by Gasteiger charge is -2.37. The SMILES string of the molecule is CC[C@@H](c1ccccc1)[C@](O)(c1ccccc1)c1ccc(OCCN(C)C)cc1. The Hall–Kier alpha value is -2.62. The number of aliphatic hydroxyl groups is 1. The molecule has 0 amide bonds. The minimum atomic E-state index is -1.13. The fourth-order valence-corrected chi connectivity index (χ4v) is 3.87. The van der Waals surface area contributed by atoms with Gasteiger partial charge in [0.15, 0.2) is 0 Å². The molecule has 1 N–H and O–H groups in total. The minimum absolute atomic E-state index is 0.0633. The molecule has 3 aromatic rings. The van der Waals surface area contributed by atoms with Gasteiger partial charge in [0.05, 0.1) is 0 Å². The number of likely N-dealkylation sites (N-methyl/N-ethyl adjacent to an activating group) is 1. The van der Waals surface area contributed by atoms with Crippen LogP contribution in [0, 0.1) is 0 Å². The van der Waals surface area contributed by atoms with Crippen molar-refractivity contribution in [3.8, 4) is 5.75 Å². The molecule has 0 aliphatic rings. The molecule has 0 saturated carbocycles. The molecule has 0 saturated heterocycles. The van der Waals surface area contributed by atoms with E-state index in [0.29, 0.717) is 6.61 Å². The van der Waals surface area contributed by atoms with E-state index >= 15 is 0 Å². The van der Waals surface area contributed by atoms with E-state index in [9.17, 15) is 5.11 Å². The molecule has 0 aliphatic carbocycles. The summed E-state index contributed by atoms with van der Waals surface area (Å²) in [4.78, 5) is 2.09. The average Bonchev–Trinajstić information content (AvgIpc) is 2.76. The van der Waals surface area contributed by atoms with E-state index in [1.807, 2.05) is 86.9 Å². The van der Waals surface area contributed by atoms with Crippen LogP contribution in [-0.4, -0.2) is 37.3 Å². The van der Waals surface area contributed by atoms with Crippen molar-refractivity contribution in [2.45, 2.75) is 24.9 Å². The summed E-state index contributed by atoms with van der Waals surface area (Å²) < 4.78 is 5.84. The largest absolute Gasteiger partial charge is 0.492 e. The smallest absolute Gasteiger partial charge is 0.121 e. The molecule has 0 aliphatic heterocycles. The second-order valence-corrected chi connectivity index (χ2v) is 7.68. The first-order chi connectivity index (χ1) is 14.1. The van der Waals surface area contributed by atoms with Crippen LogP contribution in [0.2, 0.25) is 0 Å². The maximum absolute atomic E-state index is 12.2. The maximum Gasteiger partial charge on any atom is 0.121 e. The van der Waals surface area contributed by atoms with E-state index in [1.165, 1.54) is 0 Å². The molecule has 3 rings (SSSR count). The van der Waals surface area contributed by atoms with Crippen LogP contribution >= 0.6 is 0 Å². The average molecular weight is 390 g/mol. The van der Waals surface area contributed by atoms with Crippen LogP contribution in [0.4, 0.5) is 0 Å². The number of benzene rings is 3. The van der Waals surface area contributed by atoms with Crippen LogP contribution in [-0.2, 0) is 5.60 Å². The zero-order chi connectivity index (χ0) is 20.7. The second kappa shape index (κ2) is 9.73. The summed E-state index contributed by atoms with van der Waals surface area (Å²) in [6, 6.07) is 28.1. The number of hydrogen-bond acceptors (Lipinski definition) is 3. The number of ether oxygens (including phenoxy) is 1. The zero-order valence-electron chi connectivity index (χ0n) is 17.6. The summed E-state index contributed by atoms with van der Waals surface area (Å²) in [7, 11) is 4.06. The third-order valence-electron chi connectivity index (χ3n) is 5.43. The lowest BCUT2D eigenvalue weighted by Crippen LogP contribution is -2.34. The van der Waals surface area contributed by atoms with Gasteiger partial charge in [0.25, 0.3) is 0 Å². The minimum Gasteiger partial charge on any atom is -0.492 e. The van der Waals surface area contributed by atoms with Crippen molar-refractivity contribution in [3.63, 3.8) is 0 Å². The Morgan fingerprint density at radius 2 is 1.38 bits per heavy atom. The molecule has 29 heavy (non-hydrogen) atoms. The van der Waals surface area contributed by atoms with Crippen molar-refractivity contribution < 1.29 is 9.84 Å². The van der Waals surface area contributed by atoms with E-state index in [-0.39, 0.29) is 5.92 Å². The molecule has 0 spiro atoms. The van der Waals surface area contributed by atoms with E-state index in [4.69, 9.17) is 4.74 Å². The summed E-state index contributed by atoms with van der Waals surface area (Å²) in [5, 5.41) is 12.2. The third-order valence-corrected chi connectivity index (χ3v) is 5.43. The first-order valence-electron chi connectivity index (χ1n) is 10.3. The van der Waals surface area contributed by atoms with Crippen LogP contribution in [0.25, 0.3) is 0 Å². The first-order valence-corrected chi connectivity index (χ1v) is 10.3. The van der Waals surface area contributed by atoms with Gasteiger partial charge in [-0.3, -0.25) is 0 Å². The lowest BCUT2D eigenvalue weighted by molar-refractivity contribution is 0.0476. The van der Waals surface area contributed by atoms with Crippen LogP contribution in [0.1, 0.15) is 36.0 Å². The van der Waals surface area contributed by atoms with Crippen molar-refractivity contribution in [2.75, 3.05) is 27.2 Å². The van der Waals surface area contributed by atoms with Gasteiger partial charge in [-0.15, -0.1) is 0 Å². The van der Waals surface area contributed by atoms with E-state index in [1.54, 1.807) is 0 Å². The van der Waals surface area contributed by atoms with Gasteiger partial charge in [0.2, 0.25) is 0 Å². The predicted octanol–water partition coefficient (Wildman–Crippen LogP) is 5.06. The van der Waals surface area contributed by atoms with Crippen LogP contribution < -0.4 is 4.74 Å². The molecule has 0 bridgehead atoms. The van der Waals surface area contributed by atoms with Gasteiger partial charge in [0, 0.05) is 12.5 Å². The molecule has 3 heteroatoms. The fraction of sp³-hybridized carbons (Fsp3) is 0.308. The van der Waals surface area contributed by atoms with Crippen molar-refractivity contribution in [2.24, 2.45) is 0 Å². The molecule has 0 aromatic heterocycles. The fourth-order valence-electron chi connectivity index (χ4n) is 3.87. The molecule has 0 heterocycles. The van der Waals surface area contributed by atoms with Gasteiger partial charge in [-0.05, 0) is 49.3 Å². The van der Waals surface area contributed by atoms with Crippen LogP contribution in [0.5, 0.6) is 5.75 Å². The Morgan fingerprint density at radius 3 is 1.93 bits per heavy atom. The van der Waals surface area contributed by atoms with Gasteiger partial charge >= 0.3 is 0 Å². The zero-order valence-corrected chi connectivity index (χ0v) is 17.6. The van der Waals surface area contributed by atoms with E-state index in [2.05, 4.69) is 24.0 Å². The highest BCUT2D eigenvalue weighted by atomic mass is 16.5. The molecule has 0 radical (unpaired) electrons. The van der Waals surface area contributed by atoms with Gasteiger partial charge in [-0.2, -0.15) is 0 Å². The summed E-state index contributed by atoms with van der Waals surface area (Å²) in [5.41, 5.74) is 1.78. The van der Waals surface area contributed by atoms with Crippen molar-refractivity contribution >= 4 is 0 Å². The summed E-state index contributed by atoms with van der Waals surface area (Å²) in [6.07, 6.45) is 0.816. The monoisotopic (exact) mass is 389 g/mol. The molecule has 152 valence electrons. The Bertz CT molecular complexity index is 862. The van der Waals surface area contributed by atoms with Gasteiger partial charge in [-0.25, -0.2) is 0 Å². The molecule has 2 atom stereocenters. The predicted molar refractivity (Wildman–Crippen MR) is 119 cm³/mol. The Labute approximate surface area is 174 Å². The molecule has 3 aromatic carbocycles. The van der Waals surface area contributed by atoms with Crippen molar-refractivity contribution in [1.82, 2.24) is 4.90 Å². The molecular weight excluding hydrogens is 358 g/mol. The summed E-state index contributed by atoms with van der Waals surface area (Å²) in [6.45, 7) is 3.63. The third kappa shape index (κ3) is 4.87. The molecular formula is C26H31NO2. The normalized spacial score (nSPS) is 14.4. The van der Waals surface area contributed by atoms with Gasteiger partial charge in [-0.1, -0.05) is 79.7 Å². The molecule has 0 fully saturated rings. The summed E-state index contributed by atoms with van der Waals surface area (Å²) in [5.74, 6) is 0.755. The first kappa shape index (κ1) is 21.1. The standard InChI is InChI=1S/C26H31NO2/c1-4-25(21-11-7-5-8-12-21)26(28,22-13-9-6-10-14-22)23-15-17-24(18-16-23)29-20-19-27(2)3/h5-18,25,28H,4,19-20H2,1-3H3/t25-,26-/m0/s1. The molecule has 0 unspecified atom stereocenters. The quantitative estimate of drug-likeness (QED) is 0.555.